The molecule has 0 bridgehead atoms. The molecule has 3 saturated heterocycles. The number of fused-ring (bicyclic) bond motifs is 1. The van der Waals surface area contributed by atoms with Gasteiger partial charge in [-0.15, -0.1) is 0 Å². The molecule has 3 aromatic rings. The summed E-state index contributed by atoms with van der Waals surface area (Å²) in [5, 5.41) is 47.2. The Morgan fingerprint density at radius 2 is 1.33 bits per heavy atom. The van der Waals surface area contributed by atoms with E-state index in [0.29, 0.717) is 80.2 Å². The maximum atomic E-state index is 13.9. The highest BCUT2D eigenvalue weighted by Gasteiger charge is 2.47. The van der Waals surface area contributed by atoms with Crippen LogP contribution in [-0.2, 0) is 40.0 Å². The minimum atomic E-state index is -3.20. The van der Waals surface area contributed by atoms with Crippen molar-refractivity contribution in [3.63, 3.8) is 0 Å². The number of halogens is 2. The topological polar surface area (TPSA) is 348 Å². The SMILES string of the molecule is Cc1ccc(CCCC(=O)NCCCC[C@H](NC(=O)CN2CCN(CC(=O)O)CCN(CC(=O)O)CCN(CC(=O)O)CC2)C(=O)NC(=O)SC(=O)N2CCN(CCCOc3ccc4nccc(C(=O)NCC(=O)N5CC(F)(F)C[C@@H]5C#N)c4c3)CC2)cc1. The largest absolute Gasteiger partial charge is 0.494 e. The van der Waals surface area contributed by atoms with Gasteiger partial charge >= 0.3 is 17.9 Å². The Morgan fingerprint density at radius 3 is 1.92 bits per heavy atom. The van der Waals surface area contributed by atoms with Gasteiger partial charge in [0.15, 0.2) is 0 Å². The van der Waals surface area contributed by atoms with E-state index in [1.807, 2.05) is 31.2 Å². The Hall–Kier alpha value is -7.95. The summed E-state index contributed by atoms with van der Waals surface area (Å²) in [5.41, 5.74) is 2.89. The third kappa shape index (κ3) is 24.5. The number of nitrogens with zero attached hydrogens (tertiary/aromatic N) is 9. The first-order chi connectivity index (χ1) is 42.5. The van der Waals surface area contributed by atoms with Crippen molar-refractivity contribution in [2.45, 2.75) is 76.3 Å². The number of hydrogen-bond acceptors (Lipinski definition) is 19. The third-order valence-corrected chi connectivity index (χ3v) is 16.0. The van der Waals surface area contributed by atoms with Crippen molar-refractivity contribution in [3.05, 3.63) is 71.4 Å². The van der Waals surface area contributed by atoms with E-state index in [9.17, 15) is 77.3 Å². The van der Waals surface area contributed by atoms with Crippen molar-refractivity contribution < 1.29 is 76.8 Å². The number of unbranched alkanes of at least 4 members (excludes halogenated alkanes) is 1. The number of pyridine rings is 1. The minimum absolute atomic E-state index is 0.0386. The van der Waals surface area contributed by atoms with Crippen LogP contribution in [0.2, 0.25) is 0 Å². The molecule has 0 aliphatic carbocycles. The van der Waals surface area contributed by atoms with Crippen molar-refractivity contribution in [2.75, 3.05) is 138 Å². The molecule has 7 N–H and O–H groups in total. The van der Waals surface area contributed by atoms with E-state index in [0.717, 1.165) is 22.4 Å². The Kier molecular flexibility index (Phi) is 27.8. The number of rotatable bonds is 27. The highest BCUT2D eigenvalue weighted by atomic mass is 32.2. The first-order valence-electron chi connectivity index (χ1n) is 29.6. The number of thioether (sulfide) groups is 1. The van der Waals surface area contributed by atoms with Crippen LogP contribution in [-0.4, -0.2) is 268 Å². The third-order valence-electron chi connectivity index (χ3n) is 15.3. The zero-order valence-electron chi connectivity index (χ0n) is 49.9. The fourth-order valence-corrected chi connectivity index (χ4v) is 11.1. The van der Waals surface area contributed by atoms with Crippen LogP contribution < -0.4 is 26.0 Å². The summed E-state index contributed by atoms with van der Waals surface area (Å²) < 4.78 is 33.8. The molecule has 0 unspecified atom stereocenters. The number of carbonyl (C=O) groups is 10. The number of imide groups is 1. The normalized spacial score (nSPS) is 17.7. The summed E-state index contributed by atoms with van der Waals surface area (Å²) in [5.74, 6) is -9.21. The van der Waals surface area contributed by atoms with Gasteiger partial charge in [-0.2, -0.15) is 5.26 Å². The predicted molar refractivity (Wildman–Crippen MR) is 321 cm³/mol. The van der Waals surface area contributed by atoms with Crippen molar-refractivity contribution in [3.8, 4) is 11.8 Å². The quantitative estimate of drug-likeness (QED) is 0.0535. The number of carbonyl (C=O) groups excluding carboxylic acids is 7. The lowest BCUT2D eigenvalue weighted by molar-refractivity contribution is -0.140. The number of hydrogen-bond donors (Lipinski definition) is 7. The predicted octanol–water partition coefficient (Wildman–Crippen LogP) is 1.78. The maximum Gasteiger partial charge on any atom is 0.317 e. The molecule has 0 saturated carbocycles. The number of carboxylic acids is 3. The Labute approximate surface area is 518 Å². The molecule has 1 aromatic heterocycles. The van der Waals surface area contributed by atoms with E-state index >= 15 is 0 Å². The van der Waals surface area contributed by atoms with Crippen LogP contribution in [0.5, 0.6) is 5.75 Å². The van der Waals surface area contributed by atoms with E-state index in [1.165, 1.54) is 17.2 Å². The lowest BCUT2D eigenvalue weighted by Gasteiger charge is -2.34. The van der Waals surface area contributed by atoms with Gasteiger partial charge in [-0.25, -0.2) is 8.78 Å². The van der Waals surface area contributed by atoms with Gasteiger partial charge in [-0.05, 0) is 75.3 Å². The van der Waals surface area contributed by atoms with Crippen molar-refractivity contribution >= 4 is 80.6 Å². The molecule has 484 valence electrons. The van der Waals surface area contributed by atoms with Crippen molar-refractivity contribution in [2.24, 2.45) is 0 Å². The van der Waals surface area contributed by atoms with E-state index in [1.54, 1.807) is 43.9 Å². The van der Waals surface area contributed by atoms with Crippen LogP contribution in [0.4, 0.5) is 18.4 Å². The standard InChI is InChI=1S/C59H79F2N13O14S/c1-41-9-11-42(12-10-41)6-4-8-49(75)64-16-3-2-7-48(66-50(76)36-69-19-21-70(37-52(78)79)23-25-72(39-54(82)83)26-24-71(22-20-69)38-53(80)81)56(85)67-57(86)89-58(87)73-29-27-68(28-30-73)18-5-31-88-44-13-14-47-46(32-44)45(15-17-63-47)55(84)65-35-51(77)74-40-59(60,61)33-43(74)34-62/h9-15,17,32,43,48H,2-8,16,18-31,33,35-40H2,1H3,(H,64,75)(H,65,84)(H,66,76)(H,78,79)(H,80,81)(H,82,83)(H,67,85,86)/t43-,48+/m1/s1. The second-order valence-corrected chi connectivity index (χ2v) is 23.1. The van der Waals surface area contributed by atoms with E-state index in [4.69, 9.17) is 4.74 Å². The minimum Gasteiger partial charge on any atom is -0.494 e. The number of carboxylic acid groups (broad SMARTS) is 3. The number of nitriles is 1. The molecule has 4 heterocycles. The maximum absolute atomic E-state index is 13.9. The van der Waals surface area contributed by atoms with Gasteiger partial charge in [0, 0.05) is 128 Å². The summed E-state index contributed by atoms with van der Waals surface area (Å²) >= 11 is 0.299. The monoisotopic (exact) mass is 1260 g/mol. The van der Waals surface area contributed by atoms with Crippen molar-refractivity contribution in [1.29, 1.82) is 5.26 Å². The summed E-state index contributed by atoms with van der Waals surface area (Å²) in [6.07, 6.45) is 3.68. The molecule has 3 aliphatic heterocycles. The first-order valence-corrected chi connectivity index (χ1v) is 30.4. The Balaban J connectivity index is 0.983. The number of piperazine rings is 1. The van der Waals surface area contributed by atoms with Crippen LogP contribution in [0, 0.1) is 18.3 Å². The summed E-state index contributed by atoms with van der Waals surface area (Å²) in [7, 11) is 0. The van der Waals surface area contributed by atoms with Gasteiger partial charge in [-0.1, -0.05) is 29.8 Å². The number of benzene rings is 2. The number of amides is 7. The average molecular weight is 1260 g/mol. The Bertz CT molecular complexity index is 2970. The van der Waals surface area contributed by atoms with E-state index < -0.39 is 89.5 Å². The van der Waals surface area contributed by atoms with Crippen LogP contribution in [0.15, 0.2) is 54.7 Å². The van der Waals surface area contributed by atoms with E-state index in [-0.39, 0.29) is 123 Å². The summed E-state index contributed by atoms with van der Waals surface area (Å²) in [4.78, 5) is 144. The number of nitrogens with one attached hydrogen (secondary N) is 4. The molecule has 2 aromatic carbocycles. The van der Waals surface area contributed by atoms with Crippen LogP contribution in [0.1, 0.15) is 66.4 Å². The van der Waals surface area contributed by atoms with Gasteiger partial charge < -0.3 is 45.8 Å². The summed E-state index contributed by atoms with van der Waals surface area (Å²) in [6, 6.07) is 13.6. The molecular formula is C59H79F2N13O14S. The molecule has 6 rings (SSSR count). The Morgan fingerprint density at radius 1 is 0.730 bits per heavy atom. The van der Waals surface area contributed by atoms with Crippen LogP contribution in [0.3, 0.4) is 0 Å². The van der Waals surface area contributed by atoms with E-state index in [2.05, 4.69) is 31.2 Å². The molecule has 27 nitrogen and oxygen atoms in total. The molecule has 89 heavy (non-hydrogen) atoms. The van der Waals surface area contributed by atoms with Gasteiger partial charge in [-0.3, -0.25) is 82.7 Å². The number of ether oxygens (including phenoxy) is 1. The molecule has 0 radical (unpaired) electrons. The highest BCUT2D eigenvalue weighted by Crippen LogP contribution is 2.32. The molecule has 30 heteroatoms. The number of aromatic nitrogens is 1. The first kappa shape index (κ1) is 70.1. The number of aryl methyl sites for hydroxylation is 2. The van der Waals surface area contributed by atoms with Crippen LogP contribution in [0.25, 0.3) is 10.9 Å². The van der Waals surface area contributed by atoms with Gasteiger partial charge in [0.2, 0.25) is 23.6 Å². The molecule has 3 aliphatic rings. The smallest absolute Gasteiger partial charge is 0.317 e. The average Bonchev–Trinajstić information content (AvgIpc) is 2.17. The fraction of sp³-hybridized carbons (Fsp3) is 0.559. The van der Waals surface area contributed by atoms with Crippen LogP contribution >= 0.6 is 11.8 Å². The molecule has 3 fully saturated rings. The fourth-order valence-electron chi connectivity index (χ4n) is 10.4. The second-order valence-electron chi connectivity index (χ2n) is 22.2. The highest BCUT2D eigenvalue weighted by molar-refractivity contribution is 8.26. The van der Waals surface area contributed by atoms with Gasteiger partial charge in [0.25, 0.3) is 22.3 Å². The summed E-state index contributed by atoms with van der Waals surface area (Å²) in [6.45, 7) is 2.98. The molecular weight excluding hydrogens is 1180 g/mol. The molecule has 7 amide bonds. The number of aliphatic carboxylic acids is 3. The second kappa shape index (κ2) is 35.3. The molecule has 2 atom stereocenters. The van der Waals surface area contributed by atoms with Gasteiger partial charge in [0.05, 0.1) is 63.0 Å². The van der Waals surface area contributed by atoms with Crippen molar-refractivity contribution in [1.82, 2.24) is 60.6 Å². The molecule has 0 spiro atoms. The van der Waals surface area contributed by atoms with Gasteiger partial charge in [0.1, 0.15) is 17.8 Å². The lowest BCUT2D eigenvalue weighted by atomic mass is 10.1. The lowest BCUT2D eigenvalue weighted by Crippen LogP contribution is -2.52. The zero-order chi connectivity index (χ0) is 64.5. The zero-order valence-corrected chi connectivity index (χ0v) is 50.7. The number of likely N-dealkylation sites (tertiary alicyclic amines) is 1. The number of alkyl halides is 2.